The van der Waals surface area contributed by atoms with Gasteiger partial charge in [-0.2, -0.15) is 0 Å². The fraction of sp³-hybridized carbons (Fsp3) is 0.429. The third kappa shape index (κ3) is 3.25. The Morgan fingerprint density at radius 3 is 2.78 bits per heavy atom. The van der Waals surface area contributed by atoms with Gasteiger partial charge in [0.05, 0.1) is 6.61 Å². The second kappa shape index (κ2) is 7.41. The number of halogens is 1. The quantitative estimate of drug-likeness (QED) is 0.816. The number of hydrogen-bond donors (Lipinski definition) is 1. The number of para-hydroxylation sites is 1. The number of rotatable bonds is 6. The first-order chi connectivity index (χ1) is 8.36. The molecule has 100 valence electrons. The molecule has 2 rings (SSSR count). The van der Waals surface area contributed by atoms with Crippen molar-refractivity contribution in [2.24, 2.45) is 0 Å². The van der Waals surface area contributed by atoms with Gasteiger partial charge in [0, 0.05) is 43.8 Å². The minimum atomic E-state index is 0. The summed E-state index contributed by atoms with van der Waals surface area (Å²) < 4.78 is 7.32. The van der Waals surface area contributed by atoms with Crippen LogP contribution in [0, 0.1) is 0 Å². The summed E-state index contributed by atoms with van der Waals surface area (Å²) in [6.45, 7) is 5.73. The van der Waals surface area contributed by atoms with Crippen LogP contribution in [0.1, 0.15) is 12.5 Å². The smallest absolute Gasteiger partial charge is 0.0587 e. The van der Waals surface area contributed by atoms with Gasteiger partial charge in [-0.3, -0.25) is 0 Å². The van der Waals surface area contributed by atoms with E-state index in [2.05, 4.69) is 47.3 Å². The van der Waals surface area contributed by atoms with Gasteiger partial charge in [-0.25, -0.2) is 0 Å². The van der Waals surface area contributed by atoms with Crippen molar-refractivity contribution in [1.82, 2.24) is 9.88 Å². The molecule has 0 aliphatic carbocycles. The summed E-state index contributed by atoms with van der Waals surface area (Å²) >= 11 is 0. The van der Waals surface area contributed by atoms with E-state index in [1.165, 1.54) is 16.5 Å². The molecule has 0 saturated heterocycles. The average molecular weight is 269 g/mol. The summed E-state index contributed by atoms with van der Waals surface area (Å²) in [7, 11) is 1.73. The molecule has 0 unspecified atom stereocenters. The molecule has 1 aromatic carbocycles. The fourth-order valence-corrected chi connectivity index (χ4v) is 2.12. The summed E-state index contributed by atoms with van der Waals surface area (Å²) in [5.74, 6) is 0. The SMILES string of the molecule is CCn1cc(CNCCOC)c2ccccc21.Cl. The molecule has 0 amide bonds. The number of nitrogens with zero attached hydrogens (tertiary/aromatic N) is 1. The van der Waals surface area contributed by atoms with Crippen LogP contribution in [0.5, 0.6) is 0 Å². The Bertz CT molecular complexity index is 482. The summed E-state index contributed by atoms with van der Waals surface area (Å²) in [5.41, 5.74) is 2.68. The van der Waals surface area contributed by atoms with E-state index < -0.39 is 0 Å². The molecule has 0 aliphatic heterocycles. The van der Waals surface area contributed by atoms with E-state index in [9.17, 15) is 0 Å². The van der Waals surface area contributed by atoms with Crippen LogP contribution in [-0.4, -0.2) is 24.8 Å². The Balaban J connectivity index is 0.00000162. The van der Waals surface area contributed by atoms with Crippen molar-refractivity contribution in [2.75, 3.05) is 20.3 Å². The Kier molecular flexibility index (Phi) is 6.19. The van der Waals surface area contributed by atoms with E-state index in [4.69, 9.17) is 4.74 Å². The zero-order valence-electron chi connectivity index (χ0n) is 11.0. The van der Waals surface area contributed by atoms with Crippen molar-refractivity contribution in [1.29, 1.82) is 0 Å². The van der Waals surface area contributed by atoms with Gasteiger partial charge in [-0.05, 0) is 18.6 Å². The topological polar surface area (TPSA) is 26.2 Å². The Hall–Kier alpha value is -1.03. The Morgan fingerprint density at radius 2 is 2.06 bits per heavy atom. The summed E-state index contributed by atoms with van der Waals surface area (Å²) in [4.78, 5) is 0. The number of benzene rings is 1. The van der Waals surface area contributed by atoms with Gasteiger partial charge >= 0.3 is 0 Å². The van der Waals surface area contributed by atoms with E-state index in [1.807, 2.05) is 0 Å². The molecule has 0 saturated carbocycles. The van der Waals surface area contributed by atoms with Crippen LogP contribution in [0.15, 0.2) is 30.5 Å². The van der Waals surface area contributed by atoms with Crippen LogP contribution < -0.4 is 5.32 Å². The predicted octanol–water partition coefficient (Wildman–Crippen LogP) is 2.82. The second-order valence-electron chi connectivity index (χ2n) is 4.13. The van der Waals surface area contributed by atoms with E-state index in [0.717, 1.165) is 26.2 Å². The number of fused-ring (bicyclic) bond motifs is 1. The zero-order valence-corrected chi connectivity index (χ0v) is 11.8. The molecule has 0 radical (unpaired) electrons. The second-order valence-corrected chi connectivity index (χ2v) is 4.13. The van der Waals surface area contributed by atoms with Crippen molar-refractivity contribution in [2.45, 2.75) is 20.0 Å². The maximum absolute atomic E-state index is 5.03. The average Bonchev–Trinajstić information content (AvgIpc) is 2.73. The van der Waals surface area contributed by atoms with Crippen molar-refractivity contribution < 1.29 is 4.74 Å². The van der Waals surface area contributed by atoms with Crippen molar-refractivity contribution >= 4 is 23.3 Å². The van der Waals surface area contributed by atoms with Crippen LogP contribution >= 0.6 is 12.4 Å². The molecule has 0 spiro atoms. The molecule has 1 heterocycles. The first-order valence-corrected chi connectivity index (χ1v) is 6.13. The summed E-state index contributed by atoms with van der Waals surface area (Å²) in [6, 6.07) is 8.56. The standard InChI is InChI=1S/C14H20N2O.ClH/c1-3-16-11-12(10-15-8-9-17-2)13-6-4-5-7-14(13)16;/h4-7,11,15H,3,8-10H2,1-2H3;1H. The minimum Gasteiger partial charge on any atom is -0.383 e. The third-order valence-electron chi connectivity index (χ3n) is 3.01. The maximum atomic E-state index is 5.03. The molecule has 0 fully saturated rings. The van der Waals surface area contributed by atoms with Gasteiger partial charge in [-0.1, -0.05) is 18.2 Å². The first kappa shape index (κ1) is 15.0. The summed E-state index contributed by atoms with van der Waals surface area (Å²) in [6.07, 6.45) is 2.24. The molecule has 4 heteroatoms. The lowest BCUT2D eigenvalue weighted by Crippen LogP contribution is -2.18. The molecule has 1 aromatic heterocycles. The highest BCUT2D eigenvalue weighted by atomic mass is 35.5. The van der Waals surface area contributed by atoms with Crippen LogP contribution in [0.4, 0.5) is 0 Å². The highest BCUT2D eigenvalue weighted by Gasteiger charge is 2.05. The summed E-state index contributed by atoms with van der Waals surface area (Å²) in [5, 5.41) is 4.74. The lowest BCUT2D eigenvalue weighted by Gasteiger charge is -2.02. The van der Waals surface area contributed by atoms with Crippen LogP contribution in [0.25, 0.3) is 10.9 Å². The molecule has 3 nitrogen and oxygen atoms in total. The molecule has 0 atom stereocenters. The van der Waals surface area contributed by atoms with Crippen molar-refractivity contribution in [3.05, 3.63) is 36.0 Å². The van der Waals surface area contributed by atoms with Gasteiger partial charge in [-0.15, -0.1) is 12.4 Å². The number of nitrogens with one attached hydrogen (secondary N) is 1. The number of hydrogen-bond acceptors (Lipinski definition) is 2. The highest BCUT2D eigenvalue weighted by Crippen LogP contribution is 2.20. The van der Waals surface area contributed by atoms with Crippen LogP contribution in [0.2, 0.25) is 0 Å². The van der Waals surface area contributed by atoms with Crippen molar-refractivity contribution in [3.8, 4) is 0 Å². The molecular weight excluding hydrogens is 248 g/mol. The number of methoxy groups -OCH3 is 1. The van der Waals surface area contributed by atoms with E-state index in [-0.39, 0.29) is 12.4 Å². The number of ether oxygens (including phenoxy) is 1. The molecule has 0 bridgehead atoms. The normalized spacial score (nSPS) is 10.6. The zero-order chi connectivity index (χ0) is 12.1. The van der Waals surface area contributed by atoms with Gasteiger partial charge in [0.2, 0.25) is 0 Å². The molecular formula is C14H21ClN2O. The van der Waals surface area contributed by atoms with Gasteiger partial charge in [0.25, 0.3) is 0 Å². The van der Waals surface area contributed by atoms with Crippen LogP contribution in [-0.2, 0) is 17.8 Å². The van der Waals surface area contributed by atoms with Gasteiger partial charge in [0.15, 0.2) is 0 Å². The van der Waals surface area contributed by atoms with Crippen LogP contribution in [0.3, 0.4) is 0 Å². The van der Waals surface area contributed by atoms with E-state index in [1.54, 1.807) is 7.11 Å². The maximum Gasteiger partial charge on any atom is 0.0587 e. The van der Waals surface area contributed by atoms with E-state index in [0.29, 0.717) is 0 Å². The van der Waals surface area contributed by atoms with E-state index >= 15 is 0 Å². The Labute approximate surface area is 115 Å². The molecule has 18 heavy (non-hydrogen) atoms. The van der Waals surface area contributed by atoms with Gasteiger partial charge < -0.3 is 14.6 Å². The number of aryl methyl sites for hydroxylation is 1. The molecule has 0 aliphatic rings. The first-order valence-electron chi connectivity index (χ1n) is 6.13. The van der Waals surface area contributed by atoms with Gasteiger partial charge in [0.1, 0.15) is 0 Å². The molecule has 2 aromatic rings. The monoisotopic (exact) mass is 268 g/mol. The lowest BCUT2D eigenvalue weighted by atomic mass is 10.2. The third-order valence-corrected chi connectivity index (χ3v) is 3.01. The fourth-order valence-electron chi connectivity index (χ4n) is 2.12. The molecule has 1 N–H and O–H groups in total. The highest BCUT2D eigenvalue weighted by molar-refractivity contribution is 5.85. The predicted molar refractivity (Wildman–Crippen MR) is 78.4 cm³/mol. The largest absolute Gasteiger partial charge is 0.383 e. The Morgan fingerprint density at radius 1 is 1.28 bits per heavy atom. The minimum absolute atomic E-state index is 0. The lowest BCUT2D eigenvalue weighted by molar-refractivity contribution is 0.199. The van der Waals surface area contributed by atoms with Crippen molar-refractivity contribution in [3.63, 3.8) is 0 Å². The number of aromatic nitrogens is 1.